The molecule has 0 fully saturated rings. The Labute approximate surface area is 128 Å². The molecular weight excluding hydrogens is 300 g/mol. The maximum Gasteiger partial charge on any atom is 0.146 e. The second-order valence-electron chi connectivity index (χ2n) is 4.43. The van der Waals surface area contributed by atoms with Gasteiger partial charge in [-0.3, -0.25) is 0 Å². The van der Waals surface area contributed by atoms with Crippen LogP contribution in [0.1, 0.15) is 17.2 Å². The van der Waals surface area contributed by atoms with Crippen LogP contribution in [0.5, 0.6) is 0 Å². The van der Waals surface area contributed by atoms with Gasteiger partial charge in [-0.2, -0.15) is 0 Å². The molecule has 2 nitrogen and oxygen atoms in total. The number of rotatable bonds is 4. The molecule has 2 aromatic carbocycles. The van der Waals surface area contributed by atoms with Gasteiger partial charge in [-0.1, -0.05) is 54.1 Å². The first-order valence-corrected chi connectivity index (χ1v) is 6.39. The number of aliphatic hydroxyl groups excluding tert-OH is 1. The summed E-state index contributed by atoms with van der Waals surface area (Å²) in [6.45, 7) is 0. The lowest BCUT2D eigenvalue weighted by Crippen LogP contribution is -2.29. The Hall–Kier alpha value is -1.13. The molecule has 0 amide bonds. The molecular formula is C15H16Cl2FNO. The third-order valence-electron chi connectivity index (χ3n) is 3.04. The molecule has 0 unspecified atom stereocenters. The average Bonchev–Trinajstić information content (AvgIpc) is 2.42. The quantitative estimate of drug-likeness (QED) is 0.907. The van der Waals surface area contributed by atoms with E-state index in [1.807, 2.05) is 30.3 Å². The molecule has 0 saturated heterocycles. The van der Waals surface area contributed by atoms with Crippen LogP contribution in [0.2, 0.25) is 5.02 Å². The molecule has 0 bridgehead atoms. The first kappa shape index (κ1) is 16.9. The predicted octanol–water partition coefficient (Wildman–Crippen LogP) is 3.50. The zero-order chi connectivity index (χ0) is 13.8. The Morgan fingerprint density at radius 1 is 1.10 bits per heavy atom. The Balaban J connectivity index is 0.00000200. The molecule has 0 saturated carbocycles. The van der Waals surface area contributed by atoms with Crippen LogP contribution >= 0.6 is 24.0 Å². The van der Waals surface area contributed by atoms with Gasteiger partial charge in [0.15, 0.2) is 0 Å². The zero-order valence-corrected chi connectivity index (χ0v) is 12.2. The summed E-state index contributed by atoms with van der Waals surface area (Å²) in [5.74, 6) is -0.566. The Bertz CT molecular complexity index is 551. The molecule has 5 heteroatoms. The van der Waals surface area contributed by atoms with Crippen molar-refractivity contribution < 1.29 is 9.50 Å². The van der Waals surface area contributed by atoms with E-state index in [2.05, 4.69) is 0 Å². The van der Waals surface area contributed by atoms with Crippen molar-refractivity contribution in [2.24, 2.45) is 5.73 Å². The third-order valence-corrected chi connectivity index (χ3v) is 3.33. The minimum Gasteiger partial charge on any atom is -0.391 e. The molecule has 0 aliphatic heterocycles. The number of hydrogen-bond donors (Lipinski definition) is 2. The summed E-state index contributed by atoms with van der Waals surface area (Å²) < 4.78 is 13.8. The maximum absolute atomic E-state index is 13.8. The molecule has 2 atom stereocenters. The fourth-order valence-corrected chi connectivity index (χ4v) is 2.15. The van der Waals surface area contributed by atoms with Gasteiger partial charge in [0.05, 0.1) is 17.2 Å². The van der Waals surface area contributed by atoms with Crippen LogP contribution in [0.15, 0.2) is 48.5 Å². The molecule has 2 rings (SSSR count). The number of benzene rings is 2. The van der Waals surface area contributed by atoms with Crippen molar-refractivity contribution in [3.8, 4) is 0 Å². The van der Waals surface area contributed by atoms with Gasteiger partial charge in [-0.25, -0.2) is 4.39 Å². The maximum atomic E-state index is 13.8. The van der Waals surface area contributed by atoms with Gasteiger partial charge in [0.1, 0.15) is 5.82 Å². The molecule has 0 aromatic heterocycles. The number of halogens is 3. The van der Waals surface area contributed by atoms with E-state index in [0.717, 1.165) is 5.56 Å². The van der Waals surface area contributed by atoms with Gasteiger partial charge in [-0.15, -0.1) is 12.4 Å². The molecule has 0 heterocycles. The van der Waals surface area contributed by atoms with E-state index in [0.29, 0.717) is 6.42 Å². The van der Waals surface area contributed by atoms with E-state index in [4.69, 9.17) is 17.3 Å². The minimum atomic E-state index is -0.865. The summed E-state index contributed by atoms with van der Waals surface area (Å²) in [6, 6.07) is 13.3. The summed E-state index contributed by atoms with van der Waals surface area (Å²) in [7, 11) is 0. The highest BCUT2D eigenvalue weighted by Crippen LogP contribution is 2.25. The van der Waals surface area contributed by atoms with Crippen LogP contribution in [-0.2, 0) is 6.42 Å². The second kappa shape index (κ2) is 7.60. The van der Waals surface area contributed by atoms with Crippen molar-refractivity contribution in [3.05, 3.63) is 70.5 Å². The van der Waals surface area contributed by atoms with E-state index in [-0.39, 0.29) is 23.0 Å². The van der Waals surface area contributed by atoms with Crippen molar-refractivity contribution in [2.45, 2.75) is 18.6 Å². The van der Waals surface area contributed by atoms with Crippen LogP contribution in [0, 0.1) is 5.82 Å². The average molecular weight is 316 g/mol. The zero-order valence-electron chi connectivity index (χ0n) is 10.7. The monoisotopic (exact) mass is 315 g/mol. The van der Waals surface area contributed by atoms with Crippen LogP contribution in [-0.4, -0.2) is 11.2 Å². The second-order valence-corrected chi connectivity index (χ2v) is 4.83. The van der Waals surface area contributed by atoms with E-state index >= 15 is 0 Å². The largest absolute Gasteiger partial charge is 0.391 e. The van der Waals surface area contributed by atoms with E-state index in [1.165, 1.54) is 6.07 Å². The van der Waals surface area contributed by atoms with E-state index in [9.17, 15) is 9.50 Å². The van der Waals surface area contributed by atoms with Gasteiger partial charge in [0.25, 0.3) is 0 Å². The normalized spacial score (nSPS) is 13.4. The van der Waals surface area contributed by atoms with Crippen LogP contribution in [0.4, 0.5) is 4.39 Å². The lowest BCUT2D eigenvalue weighted by molar-refractivity contribution is 0.143. The van der Waals surface area contributed by atoms with Gasteiger partial charge in [0.2, 0.25) is 0 Å². The smallest absolute Gasteiger partial charge is 0.146 e. The van der Waals surface area contributed by atoms with Gasteiger partial charge >= 0.3 is 0 Å². The molecule has 0 aliphatic rings. The molecule has 20 heavy (non-hydrogen) atoms. The van der Waals surface area contributed by atoms with Crippen molar-refractivity contribution in [3.63, 3.8) is 0 Å². The van der Waals surface area contributed by atoms with Gasteiger partial charge in [-0.05, 0) is 11.6 Å². The highest BCUT2D eigenvalue weighted by molar-refractivity contribution is 6.30. The molecule has 2 aromatic rings. The minimum absolute atomic E-state index is 0. The van der Waals surface area contributed by atoms with Crippen LogP contribution in [0.25, 0.3) is 0 Å². The summed E-state index contributed by atoms with van der Waals surface area (Å²) >= 11 is 5.71. The Morgan fingerprint density at radius 2 is 1.75 bits per heavy atom. The highest BCUT2D eigenvalue weighted by Gasteiger charge is 2.21. The summed E-state index contributed by atoms with van der Waals surface area (Å²) in [4.78, 5) is 0. The van der Waals surface area contributed by atoms with Crippen LogP contribution in [0.3, 0.4) is 0 Å². The molecule has 0 spiro atoms. The Kier molecular flexibility index (Phi) is 6.43. The number of nitrogens with two attached hydrogens (primary N) is 1. The predicted molar refractivity (Wildman–Crippen MR) is 81.7 cm³/mol. The SMILES string of the molecule is Cl.N[C@H](c1cccc(Cl)c1F)[C@@H](O)Cc1ccccc1. The molecule has 3 N–H and O–H groups in total. The highest BCUT2D eigenvalue weighted by atomic mass is 35.5. The summed E-state index contributed by atoms with van der Waals surface area (Å²) in [6.07, 6.45) is -0.496. The van der Waals surface area contributed by atoms with Crippen molar-refractivity contribution in [1.29, 1.82) is 0 Å². The van der Waals surface area contributed by atoms with Gasteiger partial charge < -0.3 is 10.8 Å². The standard InChI is InChI=1S/C15H15ClFNO.ClH/c16-12-8-4-7-11(14(12)17)15(18)13(19)9-10-5-2-1-3-6-10;/h1-8,13,15,19H,9,18H2;1H/t13-,15+;/m0./s1. The lowest BCUT2D eigenvalue weighted by Gasteiger charge is -2.20. The number of aliphatic hydroxyl groups is 1. The first-order valence-electron chi connectivity index (χ1n) is 6.01. The fourth-order valence-electron chi connectivity index (χ4n) is 1.97. The third kappa shape index (κ3) is 3.93. The topological polar surface area (TPSA) is 46.2 Å². The fraction of sp³-hybridized carbons (Fsp3) is 0.200. The molecule has 0 aliphatic carbocycles. The first-order chi connectivity index (χ1) is 9.09. The summed E-state index contributed by atoms with van der Waals surface area (Å²) in [5, 5.41) is 10.1. The van der Waals surface area contributed by atoms with Crippen molar-refractivity contribution in [2.75, 3.05) is 0 Å². The number of hydrogen-bond acceptors (Lipinski definition) is 2. The van der Waals surface area contributed by atoms with Crippen molar-refractivity contribution >= 4 is 24.0 Å². The Morgan fingerprint density at radius 3 is 2.40 bits per heavy atom. The van der Waals surface area contributed by atoms with Crippen LogP contribution < -0.4 is 5.73 Å². The van der Waals surface area contributed by atoms with E-state index in [1.54, 1.807) is 12.1 Å². The van der Waals surface area contributed by atoms with Crippen molar-refractivity contribution in [1.82, 2.24) is 0 Å². The molecule has 0 radical (unpaired) electrons. The summed E-state index contributed by atoms with van der Waals surface area (Å²) in [5.41, 5.74) is 7.09. The molecule has 108 valence electrons. The lowest BCUT2D eigenvalue weighted by atomic mass is 9.96. The van der Waals surface area contributed by atoms with Gasteiger partial charge in [0, 0.05) is 12.0 Å². The van der Waals surface area contributed by atoms with E-state index < -0.39 is 18.0 Å².